The van der Waals surface area contributed by atoms with Crippen LogP contribution in [0, 0.1) is 6.92 Å². The molecule has 0 saturated heterocycles. The zero-order chi connectivity index (χ0) is 21.3. The predicted octanol–water partition coefficient (Wildman–Crippen LogP) is 5.35. The highest BCUT2D eigenvalue weighted by Crippen LogP contribution is 2.31. The van der Waals surface area contributed by atoms with E-state index in [1.54, 1.807) is 0 Å². The van der Waals surface area contributed by atoms with Gasteiger partial charge in [-0.2, -0.15) is 0 Å². The Morgan fingerprint density at radius 1 is 1.30 bits per heavy atom. The number of halogens is 1. The van der Waals surface area contributed by atoms with Crippen LogP contribution in [0.25, 0.3) is 0 Å². The summed E-state index contributed by atoms with van der Waals surface area (Å²) in [6, 6.07) is 10.2. The van der Waals surface area contributed by atoms with E-state index in [1.807, 2.05) is 56.4 Å². The van der Waals surface area contributed by atoms with E-state index < -0.39 is 0 Å². The summed E-state index contributed by atoms with van der Waals surface area (Å²) in [6.45, 7) is 8.15. The van der Waals surface area contributed by atoms with Crippen molar-refractivity contribution in [3.63, 3.8) is 0 Å². The van der Waals surface area contributed by atoms with E-state index in [4.69, 9.17) is 16.1 Å². The lowest BCUT2D eigenvalue weighted by atomic mass is 10.0. The molecular formula is C23H26ClN3O2S. The van der Waals surface area contributed by atoms with E-state index in [0.717, 1.165) is 25.1 Å². The third kappa shape index (κ3) is 4.31. The first-order valence-electron chi connectivity index (χ1n) is 10.2. The van der Waals surface area contributed by atoms with Crippen LogP contribution in [0.4, 0.5) is 0 Å². The summed E-state index contributed by atoms with van der Waals surface area (Å²) in [5.74, 6) is 0.594. The van der Waals surface area contributed by atoms with E-state index in [1.165, 1.54) is 10.4 Å². The van der Waals surface area contributed by atoms with Crippen molar-refractivity contribution in [2.45, 2.75) is 45.7 Å². The van der Waals surface area contributed by atoms with Crippen molar-refractivity contribution in [3.05, 3.63) is 73.8 Å². The van der Waals surface area contributed by atoms with Gasteiger partial charge in [-0.05, 0) is 48.1 Å². The molecule has 7 heteroatoms. The monoisotopic (exact) mass is 443 g/mol. The van der Waals surface area contributed by atoms with Crippen LogP contribution in [-0.2, 0) is 13.0 Å². The van der Waals surface area contributed by atoms with Crippen molar-refractivity contribution >= 4 is 28.8 Å². The molecule has 158 valence electrons. The summed E-state index contributed by atoms with van der Waals surface area (Å²) in [6.07, 6.45) is 1.04. The standard InChI is InChI=1S/C23H26ClN3O2S/c1-14(2)22-21(15(3)26-29-22)23(28)25-12-19(16-4-6-18(24)7-5-16)27-10-8-20-17(13-27)9-11-30-20/h4-7,9,11,14,19H,8,10,12-13H2,1-3H3,(H,25,28). The molecule has 4 rings (SSSR count). The molecule has 0 bridgehead atoms. The Morgan fingerprint density at radius 2 is 2.07 bits per heavy atom. The Hall–Kier alpha value is -2.15. The van der Waals surface area contributed by atoms with Crippen LogP contribution in [0.1, 0.15) is 63.6 Å². The minimum Gasteiger partial charge on any atom is -0.360 e. The molecule has 1 aliphatic rings. The molecule has 2 aromatic heterocycles. The van der Waals surface area contributed by atoms with Crippen molar-refractivity contribution < 1.29 is 9.32 Å². The third-order valence-corrected chi connectivity index (χ3v) is 6.90. The van der Waals surface area contributed by atoms with Gasteiger partial charge in [0.15, 0.2) is 5.76 Å². The summed E-state index contributed by atoms with van der Waals surface area (Å²) in [7, 11) is 0. The van der Waals surface area contributed by atoms with Gasteiger partial charge in [0.05, 0.1) is 11.7 Å². The molecule has 5 nitrogen and oxygen atoms in total. The maximum absolute atomic E-state index is 13.0. The fourth-order valence-corrected chi connectivity index (χ4v) is 5.03. The second-order valence-electron chi connectivity index (χ2n) is 8.03. The molecule has 1 aliphatic heterocycles. The van der Waals surface area contributed by atoms with E-state index in [9.17, 15) is 4.79 Å². The fourth-order valence-electron chi connectivity index (χ4n) is 4.01. The van der Waals surface area contributed by atoms with Crippen molar-refractivity contribution in [2.75, 3.05) is 13.1 Å². The number of carbonyl (C=O) groups excluding carboxylic acids is 1. The number of amides is 1. The SMILES string of the molecule is Cc1noc(C(C)C)c1C(=O)NCC(c1ccc(Cl)cc1)N1CCc2sccc2C1. The molecule has 30 heavy (non-hydrogen) atoms. The van der Waals surface area contributed by atoms with Gasteiger partial charge in [0.25, 0.3) is 5.91 Å². The summed E-state index contributed by atoms with van der Waals surface area (Å²) >= 11 is 7.94. The molecule has 1 atom stereocenters. The average molecular weight is 444 g/mol. The molecule has 0 radical (unpaired) electrons. The lowest BCUT2D eigenvalue weighted by Gasteiger charge is -2.35. The van der Waals surface area contributed by atoms with Crippen molar-refractivity contribution in [1.82, 2.24) is 15.4 Å². The number of aryl methyl sites for hydroxylation is 1. The van der Waals surface area contributed by atoms with Crippen molar-refractivity contribution in [1.29, 1.82) is 0 Å². The molecule has 0 aliphatic carbocycles. The van der Waals surface area contributed by atoms with Gasteiger partial charge in [0, 0.05) is 35.5 Å². The molecule has 3 aromatic rings. The number of nitrogens with one attached hydrogen (secondary N) is 1. The normalized spacial score (nSPS) is 15.2. The van der Waals surface area contributed by atoms with Gasteiger partial charge in [0.1, 0.15) is 5.56 Å². The highest BCUT2D eigenvalue weighted by molar-refractivity contribution is 7.10. The Bertz CT molecular complexity index is 1030. The van der Waals surface area contributed by atoms with Gasteiger partial charge in [-0.3, -0.25) is 9.69 Å². The summed E-state index contributed by atoms with van der Waals surface area (Å²) in [4.78, 5) is 16.9. The number of hydrogen-bond acceptors (Lipinski definition) is 5. The molecule has 1 aromatic carbocycles. The van der Waals surface area contributed by atoms with Crippen LogP contribution < -0.4 is 5.32 Å². The smallest absolute Gasteiger partial charge is 0.256 e. The highest BCUT2D eigenvalue weighted by atomic mass is 35.5. The quantitative estimate of drug-likeness (QED) is 0.557. The number of benzene rings is 1. The number of fused-ring (bicyclic) bond motifs is 1. The van der Waals surface area contributed by atoms with E-state index in [0.29, 0.717) is 28.6 Å². The number of hydrogen-bond donors (Lipinski definition) is 1. The zero-order valence-electron chi connectivity index (χ0n) is 17.4. The Kier molecular flexibility index (Phi) is 6.27. The lowest BCUT2D eigenvalue weighted by Crippen LogP contribution is -2.40. The van der Waals surface area contributed by atoms with Gasteiger partial charge in [-0.15, -0.1) is 11.3 Å². The number of nitrogens with zero attached hydrogens (tertiary/aromatic N) is 2. The van der Waals surface area contributed by atoms with Crippen LogP contribution in [-0.4, -0.2) is 29.1 Å². The van der Waals surface area contributed by atoms with Crippen LogP contribution in [0.2, 0.25) is 5.02 Å². The first-order valence-corrected chi connectivity index (χ1v) is 11.5. The maximum Gasteiger partial charge on any atom is 0.256 e. The molecular weight excluding hydrogens is 418 g/mol. The lowest BCUT2D eigenvalue weighted by molar-refractivity contribution is 0.0925. The van der Waals surface area contributed by atoms with Crippen LogP contribution >= 0.6 is 22.9 Å². The molecule has 0 saturated carbocycles. The van der Waals surface area contributed by atoms with E-state index in [-0.39, 0.29) is 17.9 Å². The second kappa shape index (κ2) is 8.92. The summed E-state index contributed by atoms with van der Waals surface area (Å²) < 4.78 is 5.39. The Morgan fingerprint density at radius 3 is 2.80 bits per heavy atom. The van der Waals surface area contributed by atoms with E-state index >= 15 is 0 Å². The van der Waals surface area contributed by atoms with Gasteiger partial charge >= 0.3 is 0 Å². The Labute approximate surface area is 186 Å². The van der Waals surface area contributed by atoms with Crippen molar-refractivity contribution in [2.24, 2.45) is 0 Å². The molecule has 0 fully saturated rings. The van der Waals surface area contributed by atoms with Gasteiger partial charge in [-0.25, -0.2) is 0 Å². The van der Waals surface area contributed by atoms with Gasteiger partial charge < -0.3 is 9.84 Å². The molecule has 0 spiro atoms. The molecule has 3 heterocycles. The van der Waals surface area contributed by atoms with Gasteiger partial charge in [-0.1, -0.05) is 42.7 Å². The van der Waals surface area contributed by atoms with Gasteiger partial charge in [0.2, 0.25) is 0 Å². The fraction of sp³-hybridized carbons (Fsp3) is 0.391. The number of rotatable bonds is 6. The number of thiophene rings is 1. The van der Waals surface area contributed by atoms with Crippen LogP contribution in [0.5, 0.6) is 0 Å². The van der Waals surface area contributed by atoms with Crippen LogP contribution in [0.3, 0.4) is 0 Å². The van der Waals surface area contributed by atoms with E-state index in [2.05, 4.69) is 26.8 Å². The molecule has 1 amide bonds. The Balaban J connectivity index is 1.56. The predicted molar refractivity (Wildman–Crippen MR) is 120 cm³/mol. The number of aromatic nitrogens is 1. The second-order valence-corrected chi connectivity index (χ2v) is 9.47. The summed E-state index contributed by atoms with van der Waals surface area (Å²) in [5.41, 5.74) is 3.71. The zero-order valence-corrected chi connectivity index (χ0v) is 19.0. The van der Waals surface area contributed by atoms with Crippen LogP contribution in [0.15, 0.2) is 40.2 Å². The third-order valence-electron chi connectivity index (χ3n) is 5.63. The maximum atomic E-state index is 13.0. The average Bonchev–Trinajstić information content (AvgIpc) is 3.35. The minimum absolute atomic E-state index is 0.0573. The summed E-state index contributed by atoms with van der Waals surface area (Å²) in [5, 5.41) is 10.0. The first kappa shape index (κ1) is 21.1. The minimum atomic E-state index is -0.135. The molecule has 1 unspecified atom stereocenters. The highest BCUT2D eigenvalue weighted by Gasteiger charge is 2.28. The largest absolute Gasteiger partial charge is 0.360 e. The molecule has 1 N–H and O–H groups in total. The first-order chi connectivity index (χ1) is 14.4. The van der Waals surface area contributed by atoms with Crippen molar-refractivity contribution in [3.8, 4) is 0 Å². The number of carbonyl (C=O) groups is 1. The topological polar surface area (TPSA) is 58.4 Å².